The third-order valence-electron chi connectivity index (χ3n) is 8.36. The van der Waals surface area contributed by atoms with Crippen molar-refractivity contribution in [3.63, 3.8) is 0 Å². The summed E-state index contributed by atoms with van der Waals surface area (Å²) < 4.78 is 6.21. The molecule has 2 aliphatic rings. The van der Waals surface area contributed by atoms with Gasteiger partial charge in [-0.3, -0.25) is 4.79 Å². The van der Waals surface area contributed by atoms with Crippen molar-refractivity contribution in [2.45, 2.75) is 56.6 Å². The van der Waals surface area contributed by atoms with E-state index in [0.29, 0.717) is 6.04 Å². The standard InChI is InChI=1S/C29H41N2O3/c1-31(2,22-19-23-13-15-27(34-3)16-14-23)26-17-20-30(21-18-26)28(32)29(33,25-11-7-8-12-25)24-9-5-4-6-10-24/h4-6,9-10,13-16,25-26,33H,7-8,11-12,17-22H2,1-3H3/q+1. The molecule has 1 saturated heterocycles. The second-order valence-corrected chi connectivity index (χ2v) is 10.7. The molecule has 1 saturated carbocycles. The maximum absolute atomic E-state index is 13.8. The van der Waals surface area contributed by atoms with Crippen molar-refractivity contribution in [1.82, 2.24) is 4.90 Å². The fourth-order valence-corrected chi connectivity index (χ4v) is 5.97. The first-order valence-electron chi connectivity index (χ1n) is 12.9. The first-order valence-corrected chi connectivity index (χ1v) is 12.9. The van der Waals surface area contributed by atoms with Crippen molar-refractivity contribution in [3.8, 4) is 5.75 Å². The molecule has 184 valence electrons. The van der Waals surface area contributed by atoms with E-state index in [-0.39, 0.29) is 11.8 Å². The molecule has 5 nitrogen and oxygen atoms in total. The van der Waals surface area contributed by atoms with Gasteiger partial charge in [-0.15, -0.1) is 0 Å². The number of hydrogen-bond acceptors (Lipinski definition) is 3. The van der Waals surface area contributed by atoms with Crippen LogP contribution in [0.15, 0.2) is 54.6 Å². The Labute approximate surface area is 204 Å². The summed E-state index contributed by atoms with van der Waals surface area (Å²) in [6.07, 6.45) is 6.98. The second-order valence-electron chi connectivity index (χ2n) is 10.7. The van der Waals surface area contributed by atoms with Crippen LogP contribution in [-0.2, 0) is 16.8 Å². The Balaban J connectivity index is 1.39. The minimum Gasteiger partial charge on any atom is -0.497 e. The average molecular weight is 466 g/mol. The molecule has 1 amide bonds. The number of likely N-dealkylation sites (tertiary alicyclic amines) is 1. The van der Waals surface area contributed by atoms with Crippen molar-refractivity contribution >= 4 is 5.91 Å². The molecular formula is C29H41N2O3+. The first-order chi connectivity index (χ1) is 16.3. The topological polar surface area (TPSA) is 49.8 Å². The Hall–Kier alpha value is -2.37. The first kappa shape index (κ1) is 24.7. The average Bonchev–Trinajstić information content (AvgIpc) is 3.43. The Morgan fingerprint density at radius 3 is 2.21 bits per heavy atom. The zero-order valence-electron chi connectivity index (χ0n) is 21.1. The van der Waals surface area contributed by atoms with E-state index in [0.717, 1.165) is 80.4 Å². The number of piperidine rings is 1. The molecule has 2 fully saturated rings. The van der Waals surface area contributed by atoms with Crippen LogP contribution in [0.4, 0.5) is 0 Å². The number of aliphatic hydroxyl groups is 1. The third kappa shape index (κ3) is 5.16. The molecule has 5 heteroatoms. The van der Waals surface area contributed by atoms with Crippen LogP contribution in [0.3, 0.4) is 0 Å². The highest BCUT2D eigenvalue weighted by Crippen LogP contribution is 2.42. The molecule has 2 aromatic rings. The van der Waals surface area contributed by atoms with E-state index in [1.54, 1.807) is 7.11 Å². The molecule has 1 aliphatic heterocycles. The van der Waals surface area contributed by atoms with Crippen LogP contribution in [0.2, 0.25) is 0 Å². The summed E-state index contributed by atoms with van der Waals surface area (Å²) in [6, 6.07) is 18.5. The van der Waals surface area contributed by atoms with E-state index in [2.05, 4.69) is 26.2 Å². The normalized spacial score (nSPS) is 19.7. The summed E-state index contributed by atoms with van der Waals surface area (Å²) in [5.74, 6) is 0.812. The fraction of sp³-hybridized carbons (Fsp3) is 0.552. The van der Waals surface area contributed by atoms with E-state index in [9.17, 15) is 9.90 Å². The van der Waals surface area contributed by atoms with Gasteiger partial charge in [0.15, 0.2) is 5.60 Å². The van der Waals surface area contributed by atoms with Crippen molar-refractivity contribution in [2.75, 3.05) is 40.8 Å². The largest absolute Gasteiger partial charge is 0.497 e. The van der Waals surface area contributed by atoms with Gasteiger partial charge in [0.1, 0.15) is 5.75 Å². The Bertz CT molecular complexity index is 930. The SMILES string of the molecule is COc1ccc(CC[N+](C)(C)C2CCN(C(=O)C(O)(c3ccccc3)C3CCCC3)CC2)cc1. The van der Waals surface area contributed by atoms with Gasteiger partial charge in [-0.05, 0) is 36.1 Å². The van der Waals surface area contributed by atoms with Crippen LogP contribution < -0.4 is 4.74 Å². The molecule has 1 heterocycles. The number of rotatable bonds is 8. The van der Waals surface area contributed by atoms with Crippen molar-refractivity contribution in [3.05, 3.63) is 65.7 Å². The van der Waals surface area contributed by atoms with Crippen molar-refractivity contribution in [1.29, 1.82) is 0 Å². The minimum atomic E-state index is -1.40. The van der Waals surface area contributed by atoms with Crippen molar-refractivity contribution in [2.24, 2.45) is 5.92 Å². The molecule has 0 spiro atoms. The summed E-state index contributed by atoms with van der Waals surface area (Å²) >= 11 is 0. The number of amides is 1. The summed E-state index contributed by atoms with van der Waals surface area (Å²) in [5.41, 5.74) is 0.678. The molecule has 0 bridgehead atoms. The number of quaternary nitrogens is 1. The Morgan fingerprint density at radius 2 is 1.62 bits per heavy atom. The lowest BCUT2D eigenvalue weighted by Gasteiger charge is -2.45. The number of carbonyl (C=O) groups excluding carboxylic acids is 1. The predicted molar refractivity (Wildman–Crippen MR) is 136 cm³/mol. The molecule has 1 N–H and O–H groups in total. The van der Waals surface area contributed by atoms with Gasteiger partial charge in [-0.25, -0.2) is 0 Å². The highest BCUT2D eigenvalue weighted by molar-refractivity contribution is 5.87. The lowest BCUT2D eigenvalue weighted by atomic mass is 9.78. The zero-order valence-corrected chi connectivity index (χ0v) is 21.1. The molecule has 0 radical (unpaired) electrons. The minimum absolute atomic E-state index is 0.0110. The number of nitrogens with zero attached hydrogens (tertiary/aromatic N) is 2. The summed E-state index contributed by atoms with van der Waals surface area (Å²) in [4.78, 5) is 15.7. The van der Waals surface area contributed by atoms with Gasteiger partial charge in [-0.2, -0.15) is 0 Å². The molecule has 4 rings (SSSR count). The number of methoxy groups -OCH3 is 1. The molecule has 1 atom stereocenters. The number of benzene rings is 2. The zero-order chi connectivity index (χ0) is 24.2. The molecule has 1 aliphatic carbocycles. The third-order valence-corrected chi connectivity index (χ3v) is 8.36. The van der Waals surface area contributed by atoms with Gasteiger partial charge in [0.05, 0.1) is 33.8 Å². The van der Waals surface area contributed by atoms with Crippen LogP contribution in [0.1, 0.15) is 49.7 Å². The Morgan fingerprint density at radius 1 is 1.00 bits per heavy atom. The van der Waals surface area contributed by atoms with Crippen LogP contribution in [0.5, 0.6) is 5.75 Å². The molecule has 1 unspecified atom stereocenters. The van der Waals surface area contributed by atoms with Gasteiger partial charge in [0, 0.05) is 38.3 Å². The van der Waals surface area contributed by atoms with Gasteiger partial charge in [-0.1, -0.05) is 55.3 Å². The maximum Gasteiger partial charge on any atom is 0.259 e. The number of likely N-dealkylation sites (N-methyl/N-ethyl adjacent to an activating group) is 1. The van der Waals surface area contributed by atoms with E-state index >= 15 is 0 Å². The predicted octanol–water partition coefficient (Wildman–Crippen LogP) is 4.38. The van der Waals surface area contributed by atoms with Crippen LogP contribution in [0, 0.1) is 5.92 Å². The van der Waals surface area contributed by atoms with E-state index in [1.165, 1.54) is 5.56 Å². The summed E-state index contributed by atoms with van der Waals surface area (Å²) in [6.45, 7) is 2.49. The van der Waals surface area contributed by atoms with Gasteiger partial charge >= 0.3 is 0 Å². The highest BCUT2D eigenvalue weighted by atomic mass is 16.5. The Kier molecular flexibility index (Phi) is 7.63. The maximum atomic E-state index is 13.8. The molecule has 0 aromatic heterocycles. The fourth-order valence-electron chi connectivity index (χ4n) is 5.97. The molecule has 2 aromatic carbocycles. The lowest BCUT2D eigenvalue weighted by Crippen LogP contribution is -2.58. The number of hydrogen-bond donors (Lipinski definition) is 1. The van der Waals surface area contributed by atoms with E-state index in [1.807, 2.05) is 47.4 Å². The molecular weight excluding hydrogens is 424 g/mol. The van der Waals surface area contributed by atoms with Crippen LogP contribution in [-0.4, -0.2) is 67.3 Å². The number of carbonyl (C=O) groups is 1. The van der Waals surface area contributed by atoms with Crippen LogP contribution >= 0.6 is 0 Å². The quantitative estimate of drug-likeness (QED) is 0.589. The molecule has 34 heavy (non-hydrogen) atoms. The van der Waals surface area contributed by atoms with Crippen molar-refractivity contribution < 1.29 is 19.1 Å². The lowest BCUT2D eigenvalue weighted by molar-refractivity contribution is -0.916. The van der Waals surface area contributed by atoms with Gasteiger partial charge < -0.3 is 19.2 Å². The van der Waals surface area contributed by atoms with Crippen LogP contribution in [0.25, 0.3) is 0 Å². The highest BCUT2D eigenvalue weighted by Gasteiger charge is 2.49. The second kappa shape index (κ2) is 10.5. The summed E-state index contributed by atoms with van der Waals surface area (Å²) in [7, 11) is 6.32. The smallest absolute Gasteiger partial charge is 0.259 e. The van der Waals surface area contributed by atoms with Gasteiger partial charge in [0.25, 0.3) is 5.91 Å². The van der Waals surface area contributed by atoms with Gasteiger partial charge in [0.2, 0.25) is 0 Å². The number of ether oxygens (including phenoxy) is 1. The van der Waals surface area contributed by atoms with E-state index < -0.39 is 5.60 Å². The summed E-state index contributed by atoms with van der Waals surface area (Å²) in [5, 5.41) is 11.9. The monoisotopic (exact) mass is 465 g/mol. The van der Waals surface area contributed by atoms with E-state index in [4.69, 9.17) is 4.74 Å².